The van der Waals surface area contributed by atoms with E-state index >= 15 is 0 Å². The van der Waals surface area contributed by atoms with Crippen molar-refractivity contribution in [3.63, 3.8) is 0 Å². The monoisotopic (exact) mass is 796 g/mol. The van der Waals surface area contributed by atoms with Gasteiger partial charge in [0.05, 0.1) is 43.0 Å². The number of alkyl carbamates (subject to hydrolysis) is 1. The van der Waals surface area contributed by atoms with Gasteiger partial charge in [-0.15, -0.1) is 0 Å². The third-order valence-corrected chi connectivity index (χ3v) is 10.6. The smallest absolute Gasteiger partial charge is 0.407 e. The molecule has 16 nitrogen and oxygen atoms in total. The van der Waals surface area contributed by atoms with Crippen LogP contribution in [0, 0.1) is 0 Å². The number of likely N-dealkylation sites (N-methyl/N-ethyl adjacent to an activating group) is 2. The molecule has 3 aromatic heterocycles. The van der Waals surface area contributed by atoms with Crippen LogP contribution in [0.1, 0.15) is 66.7 Å². The Morgan fingerprint density at radius 3 is 2.03 bits per heavy atom. The summed E-state index contributed by atoms with van der Waals surface area (Å²) in [7, 11) is 4.32. The van der Waals surface area contributed by atoms with E-state index in [-0.39, 0.29) is 17.9 Å². The maximum Gasteiger partial charge on any atom is 0.407 e. The minimum atomic E-state index is -1.19. The van der Waals surface area contributed by atoms with Gasteiger partial charge >= 0.3 is 12.2 Å². The average molecular weight is 797 g/mol. The molecule has 1 saturated heterocycles. The van der Waals surface area contributed by atoms with Crippen molar-refractivity contribution in [2.24, 2.45) is 0 Å². The van der Waals surface area contributed by atoms with Crippen molar-refractivity contribution in [1.29, 1.82) is 0 Å². The maximum atomic E-state index is 13.9. The minimum Gasteiger partial charge on any atom is -0.465 e. The van der Waals surface area contributed by atoms with Crippen LogP contribution in [0.15, 0.2) is 110 Å². The second kappa shape index (κ2) is 17.4. The highest BCUT2D eigenvalue weighted by molar-refractivity contribution is 5.88. The fraction of sp³-hybridized carbons (Fsp3) is 0.256. The van der Waals surface area contributed by atoms with Crippen LogP contribution in [0.25, 0.3) is 33.9 Å². The largest absolute Gasteiger partial charge is 0.465 e. The number of aromatic amines is 2. The predicted octanol–water partition coefficient (Wildman–Crippen LogP) is 6.56. The topological polar surface area (TPSA) is 203 Å². The van der Waals surface area contributed by atoms with Crippen molar-refractivity contribution in [2.75, 3.05) is 27.7 Å². The fourth-order valence-corrected chi connectivity index (χ4v) is 7.20. The van der Waals surface area contributed by atoms with Gasteiger partial charge in [0, 0.05) is 44.2 Å². The highest BCUT2D eigenvalue weighted by Gasteiger charge is 2.39. The molecule has 4 amide bonds. The van der Waals surface area contributed by atoms with E-state index in [1.165, 1.54) is 19.1 Å². The summed E-state index contributed by atoms with van der Waals surface area (Å²) in [6, 6.07) is 22.9. The third-order valence-electron chi connectivity index (χ3n) is 10.6. The normalized spacial score (nSPS) is 15.2. The fourth-order valence-electron chi connectivity index (χ4n) is 7.20. The number of aromatic nitrogens is 6. The van der Waals surface area contributed by atoms with Crippen LogP contribution in [0.4, 0.5) is 9.59 Å². The van der Waals surface area contributed by atoms with E-state index in [2.05, 4.69) is 35.2 Å². The molecule has 0 spiro atoms. The van der Waals surface area contributed by atoms with Gasteiger partial charge in [-0.3, -0.25) is 14.5 Å². The van der Waals surface area contributed by atoms with Crippen LogP contribution in [-0.4, -0.2) is 101 Å². The SMILES string of the molecule is COC(=O)N[C@@H](C(=O)N(C)[C@H](C)c1ncc(-c2ccc(-c3ncc(-c4cnc([C@@H]5CCCN5C(=O)C(c5ccccc5)N(C)C(=O)O)[nH]4)cn3)cc2)[nH]1)c1ccccc1. The van der Waals surface area contributed by atoms with E-state index in [1.807, 2.05) is 43.3 Å². The first-order valence-corrected chi connectivity index (χ1v) is 19.0. The molecule has 0 aliphatic carbocycles. The van der Waals surface area contributed by atoms with E-state index in [9.17, 15) is 24.3 Å². The molecule has 4 heterocycles. The first-order valence-electron chi connectivity index (χ1n) is 19.0. The number of rotatable bonds is 12. The number of nitrogens with zero attached hydrogens (tertiary/aromatic N) is 7. The number of H-pyrrole nitrogens is 2. The molecule has 4 atom stereocenters. The van der Waals surface area contributed by atoms with Gasteiger partial charge < -0.3 is 34.9 Å². The number of carboxylic acid groups (broad SMARTS) is 1. The molecule has 1 fully saturated rings. The second-order valence-electron chi connectivity index (χ2n) is 14.2. The molecular weight excluding hydrogens is 753 g/mol. The number of carbonyl (C=O) groups is 4. The Morgan fingerprint density at radius 1 is 0.780 bits per heavy atom. The number of methoxy groups -OCH3 is 1. The molecule has 4 N–H and O–H groups in total. The van der Waals surface area contributed by atoms with Gasteiger partial charge in [0.25, 0.3) is 5.91 Å². The number of hydrogen-bond acceptors (Lipinski definition) is 9. The summed E-state index contributed by atoms with van der Waals surface area (Å²) in [5, 5.41) is 12.4. The average Bonchev–Trinajstić information content (AvgIpc) is 4.08. The summed E-state index contributed by atoms with van der Waals surface area (Å²) in [6.45, 7) is 2.34. The van der Waals surface area contributed by atoms with Gasteiger partial charge in [0.1, 0.15) is 23.7 Å². The summed E-state index contributed by atoms with van der Waals surface area (Å²) in [6.07, 6.45) is 6.36. The molecule has 1 aliphatic rings. The van der Waals surface area contributed by atoms with E-state index in [0.717, 1.165) is 28.1 Å². The first kappa shape index (κ1) is 39.9. The first-order chi connectivity index (χ1) is 28.5. The number of hydrogen-bond donors (Lipinski definition) is 4. The van der Waals surface area contributed by atoms with Crippen LogP contribution in [0.3, 0.4) is 0 Å². The lowest BCUT2D eigenvalue weighted by atomic mass is 10.0. The lowest BCUT2D eigenvalue weighted by Gasteiger charge is -2.32. The Kier molecular flexibility index (Phi) is 11.8. The number of nitrogens with one attached hydrogen (secondary N) is 3. The van der Waals surface area contributed by atoms with Crippen molar-refractivity contribution in [3.8, 4) is 33.9 Å². The molecule has 7 rings (SSSR count). The lowest BCUT2D eigenvalue weighted by molar-refractivity contribution is -0.137. The van der Waals surface area contributed by atoms with Crippen LogP contribution >= 0.6 is 0 Å². The van der Waals surface area contributed by atoms with Gasteiger partial charge in [-0.25, -0.2) is 29.5 Å². The van der Waals surface area contributed by atoms with E-state index in [4.69, 9.17) is 4.74 Å². The predicted molar refractivity (Wildman–Crippen MR) is 217 cm³/mol. The molecule has 6 aromatic rings. The Labute approximate surface area is 340 Å². The zero-order valence-electron chi connectivity index (χ0n) is 32.9. The molecule has 0 bridgehead atoms. The quantitative estimate of drug-likeness (QED) is 0.105. The Bertz CT molecular complexity index is 2400. The van der Waals surface area contributed by atoms with Crippen molar-refractivity contribution < 1.29 is 29.0 Å². The van der Waals surface area contributed by atoms with Gasteiger partial charge in [0.2, 0.25) is 5.91 Å². The lowest BCUT2D eigenvalue weighted by Crippen LogP contribution is -2.43. The molecule has 1 aliphatic heterocycles. The Morgan fingerprint density at radius 2 is 1.39 bits per heavy atom. The summed E-state index contributed by atoms with van der Waals surface area (Å²) < 4.78 is 4.77. The second-order valence-corrected chi connectivity index (χ2v) is 14.2. The zero-order chi connectivity index (χ0) is 41.6. The Hall–Kier alpha value is -7.36. The number of benzene rings is 3. The van der Waals surface area contributed by atoms with Crippen LogP contribution < -0.4 is 5.32 Å². The van der Waals surface area contributed by atoms with Crippen molar-refractivity contribution in [2.45, 2.75) is 43.9 Å². The van der Waals surface area contributed by atoms with Gasteiger partial charge in [0.15, 0.2) is 5.82 Å². The molecular formula is C43H44N10O6. The number of carbonyl (C=O) groups excluding carboxylic acids is 3. The van der Waals surface area contributed by atoms with Crippen molar-refractivity contribution >= 4 is 24.0 Å². The van der Waals surface area contributed by atoms with Crippen LogP contribution in [0.5, 0.6) is 0 Å². The maximum absolute atomic E-state index is 13.9. The molecule has 59 heavy (non-hydrogen) atoms. The highest BCUT2D eigenvalue weighted by atomic mass is 16.5. The summed E-state index contributed by atoms with van der Waals surface area (Å²) in [5.41, 5.74) is 5.05. The van der Waals surface area contributed by atoms with Crippen molar-refractivity contribution in [1.82, 2.24) is 49.9 Å². The van der Waals surface area contributed by atoms with Gasteiger partial charge in [-0.1, -0.05) is 84.9 Å². The van der Waals surface area contributed by atoms with E-state index < -0.39 is 30.3 Å². The number of amides is 4. The molecule has 3 aromatic carbocycles. The number of likely N-dealkylation sites (tertiary alicyclic amines) is 1. The van der Waals surface area contributed by atoms with E-state index in [1.54, 1.807) is 85.3 Å². The highest BCUT2D eigenvalue weighted by Crippen LogP contribution is 2.35. The summed E-state index contributed by atoms with van der Waals surface area (Å²) in [5.74, 6) is 1.07. The van der Waals surface area contributed by atoms with Gasteiger partial charge in [-0.05, 0) is 36.5 Å². The van der Waals surface area contributed by atoms with Crippen LogP contribution in [-0.2, 0) is 14.3 Å². The molecule has 0 radical (unpaired) electrons. The van der Waals surface area contributed by atoms with Crippen molar-refractivity contribution in [3.05, 3.63) is 132 Å². The molecule has 1 unspecified atom stereocenters. The van der Waals surface area contributed by atoms with Gasteiger partial charge in [-0.2, -0.15) is 0 Å². The Balaban J connectivity index is 1.01. The van der Waals surface area contributed by atoms with E-state index in [0.29, 0.717) is 52.8 Å². The number of ether oxygens (including phenoxy) is 1. The van der Waals surface area contributed by atoms with Crippen LogP contribution in [0.2, 0.25) is 0 Å². The molecule has 302 valence electrons. The zero-order valence-corrected chi connectivity index (χ0v) is 32.9. The summed E-state index contributed by atoms with van der Waals surface area (Å²) in [4.78, 5) is 81.0. The number of imidazole rings is 2. The standard InChI is InChI=1S/C43H44N10O6/c1-26(51(2)40(54)35(50-42(56)59-4)28-12-7-5-8-13-28)37-46-24-32(48-37)27-17-19-30(20-18-27)38-44-22-31(23-45-38)33-25-47-39(49-33)34-16-11-21-53(34)41(55)36(52(3)43(57)58)29-14-9-6-10-15-29/h5-10,12-15,17-20,22-26,34-36H,11,16,21H2,1-4H3,(H,46,48)(H,47,49)(H,50,56)(H,57,58)/t26-,34+,35-,36?/m1/s1. The molecule has 0 saturated carbocycles. The summed E-state index contributed by atoms with van der Waals surface area (Å²) >= 11 is 0. The minimum absolute atomic E-state index is 0.300. The molecule has 16 heteroatoms. The third kappa shape index (κ3) is 8.51.